The first kappa shape index (κ1) is 18.5. The van der Waals surface area contributed by atoms with Gasteiger partial charge in [-0.05, 0) is 60.6 Å². The molecule has 2 aromatic carbocycles. The van der Waals surface area contributed by atoms with Crippen molar-refractivity contribution in [3.63, 3.8) is 0 Å². The highest BCUT2D eigenvalue weighted by atomic mass is 16.2. The van der Waals surface area contributed by atoms with Crippen molar-refractivity contribution < 1.29 is 9.59 Å². The van der Waals surface area contributed by atoms with Gasteiger partial charge in [-0.25, -0.2) is 0 Å². The fourth-order valence-electron chi connectivity index (χ4n) is 4.37. The molecule has 0 aromatic heterocycles. The van der Waals surface area contributed by atoms with Crippen LogP contribution in [-0.2, 0) is 17.6 Å². The number of anilines is 1. The van der Waals surface area contributed by atoms with Gasteiger partial charge in [0, 0.05) is 43.9 Å². The van der Waals surface area contributed by atoms with Gasteiger partial charge in [-0.15, -0.1) is 0 Å². The summed E-state index contributed by atoms with van der Waals surface area (Å²) in [4.78, 5) is 28.3. The molecule has 2 N–H and O–H groups in total. The van der Waals surface area contributed by atoms with Gasteiger partial charge in [0.05, 0.1) is 0 Å². The highest BCUT2D eigenvalue weighted by Gasteiger charge is 2.26. The number of primary amides is 1. The average molecular weight is 377 g/mol. The summed E-state index contributed by atoms with van der Waals surface area (Å²) in [6.45, 7) is 3.13. The van der Waals surface area contributed by atoms with E-state index < -0.39 is 5.91 Å². The first-order valence-corrected chi connectivity index (χ1v) is 10.1. The Hall–Kier alpha value is -2.82. The molecule has 0 spiro atoms. The highest BCUT2D eigenvalue weighted by molar-refractivity contribution is 5.93. The zero-order valence-electron chi connectivity index (χ0n) is 16.1. The summed E-state index contributed by atoms with van der Waals surface area (Å²) in [5, 5.41) is 0. The van der Waals surface area contributed by atoms with E-state index in [-0.39, 0.29) is 5.91 Å². The Morgan fingerprint density at radius 2 is 1.61 bits per heavy atom. The Morgan fingerprint density at radius 1 is 0.929 bits per heavy atom. The second kappa shape index (κ2) is 8.05. The number of fused-ring (bicyclic) bond motifs is 1. The second-order valence-electron chi connectivity index (χ2n) is 7.86. The van der Waals surface area contributed by atoms with Crippen LogP contribution >= 0.6 is 0 Å². The molecule has 1 aliphatic carbocycles. The maximum Gasteiger partial charge on any atom is 0.248 e. The Bertz CT molecular complexity index is 854. The van der Waals surface area contributed by atoms with Crippen LogP contribution in [0.2, 0.25) is 0 Å². The quantitative estimate of drug-likeness (QED) is 0.891. The minimum absolute atomic E-state index is 0.285. The van der Waals surface area contributed by atoms with Crippen molar-refractivity contribution >= 4 is 17.5 Å². The third kappa shape index (κ3) is 4.03. The van der Waals surface area contributed by atoms with Crippen molar-refractivity contribution in [2.24, 2.45) is 11.7 Å². The number of piperazine rings is 1. The molecule has 1 heterocycles. The van der Waals surface area contributed by atoms with Crippen LogP contribution in [0.25, 0.3) is 0 Å². The zero-order valence-corrected chi connectivity index (χ0v) is 16.1. The van der Waals surface area contributed by atoms with Crippen molar-refractivity contribution in [1.29, 1.82) is 0 Å². The number of rotatable bonds is 4. The number of amides is 2. The number of nitrogens with two attached hydrogens (primary N) is 1. The van der Waals surface area contributed by atoms with Gasteiger partial charge in [0.2, 0.25) is 11.8 Å². The average Bonchev–Trinajstić information content (AvgIpc) is 2.74. The predicted molar refractivity (Wildman–Crippen MR) is 110 cm³/mol. The monoisotopic (exact) mass is 377 g/mol. The summed E-state index contributed by atoms with van der Waals surface area (Å²) in [6.07, 6.45) is 3.87. The molecule has 1 fully saturated rings. The lowest BCUT2D eigenvalue weighted by Gasteiger charge is -2.37. The fraction of sp³-hybridized carbons (Fsp3) is 0.391. The van der Waals surface area contributed by atoms with Gasteiger partial charge < -0.3 is 15.5 Å². The normalized spacial score (nSPS) is 19.2. The number of carbonyl (C=O) groups excluding carboxylic acids is 2. The molecule has 4 rings (SSSR count). The van der Waals surface area contributed by atoms with Crippen molar-refractivity contribution in [3.05, 3.63) is 65.2 Å². The van der Waals surface area contributed by atoms with Crippen molar-refractivity contribution in [3.8, 4) is 0 Å². The Kier molecular flexibility index (Phi) is 5.33. The van der Waals surface area contributed by atoms with E-state index >= 15 is 0 Å². The minimum atomic E-state index is -0.410. The van der Waals surface area contributed by atoms with E-state index in [0.717, 1.165) is 51.1 Å². The fourth-order valence-corrected chi connectivity index (χ4v) is 4.37. The summed E-state index contributed by atoms with van der Waals surface area (Å²) in [6, 6.07) is 16.0. The van der Waals surface area contributed by atoms with Gasteiger partial charge >= 0.3 is 0 Å². The largest absolute Gasteiger partial charge is 0.368 e. The first-order chi connectivity index (χ1) is 13.6. The van der Waals surface area contributed by atoms with Crippen LogP contribution in [0, 0.1) is 5.92 Å². The lowest BCUT2D eigenvalue weighted by atomic mass is 9.82. The molecule has 0 radical (unpaired) electrons. The molecule has 1 unspecified atom stereocenters. The lowest BCUT2D eigenvalue weighted by Crippen LogP contribution is -2.49. The van der Waals surface area contributed by atoms with Gasteiger partial charge in [-0.3, -0.25) is 9.59 Å². The first-order valence-electron chi connectivity index (χ1n) is 10.1. The van der Waals surface area contributed by atoms with Crippen LogP contribution < -0.4 is 10.6 Å². The van der Waals surface area contributed by atoms with Gasteiger partial charge in [0.25, 0.3) is 0 Å². The Labute approximate surface area is 166 Å². The van der Waals surface area contributed by atoms with Crippen LogP contribution in [0.5, 0.6) is 0 Å². The minimum Gasteiger partial charge on any atom is -0.368 e. The smallest absolute Gasteiger partial charge is 0.248 e. The third-order valence-electron chi connectivity index (χ3n) is 6.06. The predicted octanol–water partition coefficient (Wildman–Crippen LogP) is 2.63. The topological polar surface area (TPSA) is 66.6 Å². The standard InChI is InChI=1S/C23H27N3O2/c24-23(28)19-7-9-21(10-8-19)25-11-13-26(14-12-25)22(27)16-17-5-6-18-3-1-2-4-20(18)15-17/h1-4,7-10,17H,5-6,11-16H2,(H2,24,28). The van der Waals surface area contributed by atoms with E-state index in [0.29, 0.717) is 17.9 Å². The van der Waals surface area contributed by atoms with Gasteiger partial charge in [-0.1, -0.05) is 24.3 Å². The summed E-state index contributed by atoms with van der Waals surface area (Å²) in [7, 11) is 0. The van der Waals surface area contributed by atoms with Gasteiger partial charge in [0.15, 0.2) is 0 Å². The van der Waals surface area contributed by atoms with E-state index in [1.807, 2.05) is 17.0 Å². The molecule has 2 aromatic rings. The maximum absolute atomic E-state index is 12.8. The number of nitrogens with zero attached hydrogens (tertiary/aromatic N) is 2. The van der Waals surface area contributed by atoms with Crippen molar-refractivity contribution in [1.82, 2.24) is 4.90 Å². The number of carbonyl (C=O) groups is 2. The van der Waals surface area contributed by atoms with Crippen molar-refractivity contribution in [2.45, 2.75) is 25.7 Å². The summed E-state index contributed by atoms with van der Waals surface area (Å²) < 4.78 is 0. The molecule has 146 valence electrons. The Balaban J connectivity index is 1.29. The number of benzene rings is 2. The zero-order chi connectivity index (χ0) is 19.5. The third-order valence-corrected chi connectivity index (χ3v) is 6.06. The van der Waals surface area contributed by atoms with Crippen molar-refractivity contribution in [2.75, 3.05) is 31.1 Å². The SMILES string of the molecule is NC(=O)c1ccc(N2CCN(C(=O)CC3CCc4ccccc4C3)CC2)cc1. The molecule has 5 heteroatoms. The molecule has 1 saturated heterocycles. The molecular formula is C23H27N3O2. The molecule has 1 atom stereocenters. The van der Waals surface area contributed by atoms with E-state index in [1.54, 1.807) is 12.1 Å². The molecular weight excluding hydrogens is 350 g/mol. The highest BCUT2D eigenvalue weighted by Crippen LogP contribution is 2.28. The van der Waals surface area contributed by atoms with Crippen LogP contribution in [0.3, 0.4) is 0 Å². The van der Waals surface area contributed by atoms with E-state index in [2.05, 4.69) is 29.2 Å². The molecule has 0 saturated carbocycles. The number of hydrogen-bond donors (Lipinski definition) is 1. The lowest BCUT2D eigenvalue weighted by molar-refractivity contribution is -0.132. The molecule has 28 heavy (non-hydrogen) atoms. The molecule has 5 nitrogen and oxygen atoms in total. The number of hydrogen-bond acceptors (Lipinski definition) is 3. The summed E-state index contributed by atoms with van der Waals surface area (Å²) in [5.74, 6) is 0.335. The van der Waals surface area contributed by atoms with Crippen LogP contribution in [0.1, 0.15) is 34.3 Å². The summed E-state index contributed by atoms with van der Waals surface area (Å²) >= 11 is 0. The van der Waals surface area contributed by atoms with E-state index in [9.17, 15) is 9.59 Å². The van der Waals surface area contributed by atoms with E-state index in [4.69, 9.17) is 5.73 Å². The molecule has 1 aliphatic heterocycles. The molecule has 2 amide bonds. The summed E-state index contributed by atoms with van der Waals surface area (Å²) in [5.41, 5.74) is 9.75. The van der Waals surface area contributed by atoms with E-state index in [1.165, 1.54) is 11.1 Å². The number of aryl methyl sites for hydroxylation is 1. The van der Waals surface area contributed by atoms with Crippen LogP contribution in [0.4, 0.5) is 5.69 Å². The van der Waals surface area contributed by atoms with Gasteiger partial charge in [0.1, 0.15) is 0 Å². The maximum atomic E-state index is 12.8. The molecule has 2 aliphatic rings. The molecule has 0 bridgehead atoms. The second-order valence-corrected chi connectivity index (χ2v) is 7.86. The Morgan fingerprint density at radius 3 is 2.29 bits per heavy atom. The van der Waals surface area contributed by atoms with Crippen LogP contribution in [0.15, 0.2) is 48.5 Å². The van der Waals surface area contributed by atoms with Gasteiger partial charge in [-0.2, -0.15) is 0 Å². The van der Waals surface area contributed by atoms with Crippen LogP contribution in [-0.4, -0.2) is 42.9 Å².